The van der Waals surface area contributed by atoms with E-state index < -0.39 is 16.1 Å². The number of aliphatic hydroxyl groups excluding tert-OH is 1. The number of benzene rings is 2. The van der Waals surface area contributed by atoms with Crippen LogP contribution in [0, 0.1) is 5.92 Å². The summed E-state index contributed by atoms with van der Waals surface area (Å²) in [6.45, 7) is 0.262. The van der Waals surface area contributed by atoms with Crippen LogP contribution in [0.1, 0.15) is 24.8 Å². The highest BCUT2D eigenvalue weighted by molar-refractivity contribution is 7.89. The maximum absolute atomic E-state index is 13.3. The van der Waals surface area contributed by atoms with E-state index in [4.69, 9.17) is 4.74 Å². The largest absolute Gasteiger partial charge is 0.497 e. The summed E-state index contributed by atoms with van der Waals surface area (Å²) >= 11 is 0. The van der Waals surface area contributed by atoms with Crippen LogP contribution in [-0.2, 0) is 16.4 Å². The molecule has 3 rings (SSSR count). The van der Waals surface area contributed by atoms with Crippen molar-refractivity contribution in [3.05, 3.63) is 60.2 Å². The Bertz CT molecular complexity index is 821. The van der Waals surface area contributed by atoms with Crippen molar-refractivity contribution >= 4 is 10.0 Å². The first-order valence-electron chi connectivity index (χ1n) is 9.37. The Hall–Kier alpha value is -1.89. The van der Waals surface area contributed by atoms with Crippen LogP contribution in [0.4, 0.5) is 0 Å². The van der Waals surface area contributed by atoms with E-state index in [1.165, 1.54) is 9.87 Å². The van der Waals surface area contributed by atoms with Crippen LogP contribution in [0.5, 0.6) is 5.75 Å². The SMILES string of the molecule is COc1ccc(S(=O)(=O)N2CCCCC(Cc3ccccc3)C2CO)cc1. The molecule has 1 saturated heterocycles. The van der Waals surface area contributed by atoms with E-state index in [0.717, 1.165) is 25.7 Å². The summed E-state index contributed by atoms with van der Waals surface area (Å²) in [7, 11) is -2.13. The maximum Gasteiger partial charge on any atom is 0.243 e. The topological polar surface area (TPSA) is 66.8 Å². The van der Waals surface area contributed by atoms with E-state index in [9.17, 15) is 13.5 Å². The number of methoxy groups -OCH3 is 1. The molecule has 2 unspecified atom stereocenters. The molecule has 146 valence electrons. The monoisotopic (exact) mass is 389 g/mol. The first-order chi connectivity index (χ1) is 13.1. The third-order valence-electron chi connectivity index (χ3n) is 5.31. The first-order valence-corrected chi connectivity index (χ1v) is 10.8. The lowest BCUT2D eigenvalue weighted by Gasteiger charge is -2.33. The molecule has 0 spiro atoms. The third-order valence-corrected chi connectivity index (χ3v) is 7.25. The van der Waals surface area contributed by atoms with Gasteiger partial charge < -0.3 is 9.84 Å². The van der Waals surface area contributed by atoms with Crippen LogP contribution in [0.25, 0.3) is 0 Å². The van der Waals surface area contributed by atoms with Crippen LogP contribution in [0.3, 0.4) is 0 Å². The molecule has 2 aromatic carbocycles. The second kappa shape index (κ2) is 8.87. The number of ether oxygens (including phenoxy) is 1. The van der Waals surface area contributed by atoms with Gasteiger partial charge in [-0.25, -0.2) is 8.42 Å². The lowest BCUT2D eigenvalue weighted by atomic mass is 9.89. The molecule has 2 aromatic rings. The second-order valence-corrected chi connectivity index (χ2v) is 8.88. The molecule has 0 amide bonds. The van der Waals surface area contributed by atoms with Crippen LogP contribution in [0.15, 0.2) is 59.5 Å². The van der Waals surface area contributed by atoms with Gasteiger partial charge in [-0.05, 0) is 55.0 Å². The molecule has 0 bridgehead atoms. The summed E-state index contributed by atoms with van der Waals surface area (Å²) < 4.78 is 33.2. The van der Waals surface area contributed by atoms with Crippen molar-refractivity contribution < 1.29 is 18.3 Å². The molecule has 1 N–H and O–H groups in total. The van der Waals surface area contributed by atoms with Crippen LogP contribution < -0.4 is 4.74 Å². The van der Waals surface area contributed by atoms with E-state index >= 15 is 0 Å². The lowest BCUT2D eigenvalue weighted by Crippen LogP contribution is -2.46. The van der Waals surface area contributed by atoms with Gasteiger partial charge in [0.15, 0.2) is 0 Å². The van der Waals surface area contributed by atoms with E-state index in [-0.39, 0.29) is 17.4 Å². The highest BCUT2D eigenvalue weighted by Crippen LogP contribution is 2.31. The number of hydrogen-bond donors (Lipinski definition) is 1. The summed E-state index contributed by atoms with van der Waals surface area (Å²) in [5.74, 6) is 0.707. The van der Waals surface area contributed by atoms with Gasteiger partial charge in [0.2, 0.25) is 10.0 Å². The molecule has 1 aliphatic rings. The van der Waals surface area contributed by atoms with Crippen molar-refractivity contribution in [1.29, 1.82) is 0 Å². The Morgan fingerprint density at radius 2 is 1.78 bits per heavy atom. The predicted octanol–water partition coefficient (Wildman–Crippen LogP) is 3.09. The van der Waals surface area contributed by atoms with E-state index in [1.807, 2.05) is 18.2 Å². The molecule has 6 heteroatoms. The molecule has 0 radical (unpaired) electrons. The minimum atomic E-state index is -3.68. The lowest BCUT2D eigenvalue weighted by molar-refractivity contribution is 0.146. The molecular formula is C21H27NO4S. The minimum absolute atomic E-state index is 0.0907. The molecule has 2 atom stereocenters. The Labute approximate surface area is 161 Å². The fourth-order valence-corrected chi connectivity index (χ4v) is 5.56. The van der Waals surface area contributed by atoms with Gasteiger partial charge in [-0.15, -0.1) is 0 Å². The van der Waals surface area contributed by atoms with Gasteiger partial charge in [-0.2, -0.15) is 4.31 Å². The zero-order valence-corrected chi connectivity index (χ0v) is 16.4. The highest BCUT2D eigenvalue weighted by atomic mass is 32.2. The number of nitrogens with zero attached hydrogens (tertiary/aromatic N) is 1. The predicted molar refractivity (Wildman–Crippen MR) is 105 cm³/mol. The standard InChI is InChI=1S/C21H27NO4S/c1-26-19-10-12-20(13-11-19)27(24,25)22-14-6-5-9-18(21(22)16-23)15-17-7-3-2-4-8-17/h2-4,7-8,10-13,18,21,23H,5-6,9,14-16H2,1H3. The summed E-state index contributed by atoms with van der Waals surface area (Å²) in [4.78, 5) is 0.238. The Kier molecular flexibility index (Phi) is 6.52. The summed E-state index contributed by atoms with van der Waals surface area (Å²) in [6.07, 6.45) is 3.44. The van der Waals surface area contributed by atoms with Crippen molar-refractivity contribution in [1.82, 2.24) is 4.31 Å². The molecule has 0 aliphatic carbocycles. The van der Waals surface area contributed by atoms with Gasteiger partial charge in [-0.1, -0.05) is 36.8 Å². The average Bonchev–Trinajstić information content (AvgIpc) is 2.91. The first kappa shape index (κ1) is 19.9. The van der Waals surface area contributed by atoms with Crippen LogP contribution in [0.2, 0.25) is 0 Å². The molecular weight excluding hydrogens is 362 g/mol. The van der Waals surface area contributed by atoms with Gasteiger partial charge in [0.1, 0.15) is 5.75 Å². The van der Waals surface area contributed by atoms with E-state index in [0.29, 0.717) is 12.3 Å². The fourth-order valence-electron chi connectivity index (χ4n) is 3.84. The van der Waals surface area contributed by atoms with Crippen LogP contribution in [-0.4, -0.2) is 44.1 Å². The van der Waals surface area contributed by atoms with E-state index in [2.05, 4.69) is 12.1 Å². The summed E-state index contributed by atoms with van der Waals surface area (Å²) in [5, 5.41) is 10.1. The van der Waals surface area contributed by atoms with Crippen molar-refractivity contribution in [3.8, 4) is 5.75 Å². The number of hydrogen-bond acceptors (Lipinski definition) is 4. The zero-order valence-electron chi connectivity index (χ0n) is 15.6. The number of sulfonamides is 1. The third kappa shape index (κ3) is 4.51. The Balaban J connectivity index is 1.89. The average molecular weight is 390 g/mol. The van der Waals surface area contributed by atoms with Gasteiger partial charge >= 0.3 is 0 Å². The van der Waals surface area contributed by atoms with Gasteiger partial charge in [0.25, 0.3) is 0 Å². The summed E-state index contributed by atoms with van der Waals surface area (Å²) in [6, 6.07) is 16.1. The molecule has 27 heavy (non-hydrogen) atoms. The molecule has 1 heterocycles. The van der Waals surface area contributed by atoms with Crippen LogP contribution >= 0.6 is 0 Å². The van der Waals surface area contributed by atoms with Crippen molar-refractivity contribution in [2.75, 3.05) is 20.3 Å². The molecule has 0 saturated carbocycles. The number of aliphatic hydroxyl groups is 1. The van der Waals surface area contributed by atoms with Gasteiger partial charge in [-0.3, -0.25) is 0 Å². The highest BCUT2D eigenvalue weighted by Gasteiger charge is 2.37. The van der Waals surface area contributed by atoms with E-state index in [1.54, 1.807) is 31.4 Å². The van der Waals surface area contributed by atoms with Gasteiger partial charge in [0, 0.05) is 6.54 Å². The van der Waals surface area contributed by atoms with Gasteiger partial charge in [0.05, 0.1) is 24.7 Å². The quantitative estimate of drug-likeness (QED) is 0.824. The Morgan fingerprint density at radius 3 is 2.41 bits per heavy atom. The molecule has 1 aliphatic heterocycles. The molecule has 5 nitrogen and oxygen atoms in total. The van der Waals surface area contributed by atoms with Crippen molar-refractivity contribution in [3.63, 3.8) is 0 Å². The summed E-state index contributed by atoms with van der Waals surface area (Å²) in [5.41, 5.74) is 1.17. The second-order valence-electron chi connectivity index (χ2n) is 6.99. The fraction of sp³-hybridized carbons (Fsp3) is 0.429. The molecule has 0 aromatic heterocycles. The minimum Gasteiger partial charge on any atom is -0.497 e. The molecule has 1 fully saturated rings. The normalized spacial score (nSPS) is 21.6. The maximum atomic E-state index is 13.3. The Morgan fingerprint density at radius 1 is 1.07 bits per heavy atom. The van der Waals surface area contributed by atoms with Crippen molar-refractivity contribution in [2.24, 2.45) is 5.92 Å². The number of rotatable bonds is 6. The zero-order chi connectivity index (χ0) is 19.3. The smallest absolute Gasteiger partial charge is 0.243 e. The van der Waals surface area contributed by atoms with Crippen molar-refractivity contribution in [2.45, 2.75) is 36.6 Å².